The Kier molecular flexibility index (Phi) is 4.32. The van der Waals surface area contributed by atoms with Crippen molar-refractivity contribution in [3.8, 4) is 0 Å². The summed E-state index contributed by atoms with van der Waals surface area (Å²) in [5, 5.41) is 5.24. The second-order valence-corrected chi connectivity index (χ2v) is 6.15. The third kappa shape index (κ3) is 3.61. The van der Waals surface area contributed by atoms with Crippen LogP contribution in [-0.2, 0) is 12.0 Å². The van der Waals surface area contributed by atoms with E-state index in [1.165, 1.54) is 10.9 Å². The number of hydrogen-bond donors (Lipinski definition) is 1. The standard InChI is InChI=1S/C15H17F2NS/c1-15(2,14-4-3-7-19-14)10-18-9-11-8-12(16)5-6-13(11)17/h3-8,18H,9-10H2,1-2H3. The molecule has 0 aliphatic rings. The van der Waals surface area contributed by atoms with Gasteiger partial charge in [0.1, 0.15) is 11.6 Å². The van der Waals surface area contributed by atoms with Gasteiger partial charge in [-0.15, -0.1) is 11.3 Å². The molecule has 0 fully saturated rings. The van der Waals surface area contributed by atoms with Crippen molar-refractivity contribution < 1.29 is 8.78 Å². The van der Waals surface area contributed by atoms with Gasteiger partial charge in [0.05, 0.1) is 0 Å². The number of thiophene rings is 1. The van der Waals surface area contributed by atoms with E-state index in [1.807, 2.05) is 11.4 Å². The first-order valence-corrected chi connectivity index (χ1v) is 7.06. The molecule has 0 atom stereocenters. The first-order valence-electron chi connectivity index (χ1n) is 6.18. The Morgan fingerprint density at radius 2 is 2.00 bits per heavy atom. The quantitative estimate of drug-likeness (QED) is 0.870. The third-order valence-corrected chi connectivity index (χ3v) is 4.31. The van der Waals surface area contributed by atoms with Crippen LogP contribution in [0.4, 0.5) is 8.78 Å². The third-order valence-electron chi connectivity index (χ3n) is 3.08. The molecular weight excluding hydrogens is 264 g/mol. The Morgan fingerprint density at radius 1 is 1.21 bits per heavy atom. The van der Waals surface area contributed by atoms with E-state index in [0.717, 1.165) is 12.1 Å². The Balaban J connectivity index is 1.95. The number of rotatable bonds is 5. The van der Waals surface area contributed by atoms with Gasteiger partial charge in [0.2, 0.25) is 0 Å². The molecule has 1 aromatic heterocycles. The molecule has 0 unspecified atom stereocenters. The molecule has 0 spiro atoms. The minimum atomic E-state index is -0.407. The molecule has 1 aromatic carbocycles. The Morgan fingerprint density at radius 3 is 2.68 bits per heavy atom. The van der Waals surface area contributed by atoms with Gasteiger partial charge in [-0.1, -0.05) is 19.9 Å². The van der Waals surface area contributed by atoms with Gasteiger partial charge < -0.3 is 5.32 Å². The average molecular weight is 281 g/mol. The number of halogens is 2. The highest BCUT2D eigenvalue weighted by Gasteiger charge is 2.21. The fraction of sp³-hybridized carbons (Fsp3) is 0.333. The Hall–Kier alpha value is -1.26. The highest BCUT2D eigenvalue weighted by molar-refractivity contribution is 7.10. The molecular formula is C15H17F2NS. The average Bonchev–Trinajstić information content (AvgIpc) is 2.88. The minimum Gasteiger partial charge on any atom is -0.312 e. The van der Waals surface area contributed by atoms with E-state index in [2.05, 4.69) is 25.2 Å². The maximum atomic E-state index is 13.5. The molecule has 0 aliphatic heterocycles. The predicted octanol–water partition coefficient (Wildman–Crippen LogP) is 4.09. The smallest absolute Gasteiger partial charge is 0.127 e. The molecule has 19 heavy (non-hydrogen) atoms. The second-order valence-electron chi connectivity index (χ2n) is 5.20. The molecule has 0 radical (unpaired) electrons. The summed E-state index contributed by atoms with van der Waals surface area (Å²) in [5.41, 5.74) is 0.347. The van der Waals surface area contributed by atoms with Gasteiger partial charge in [0, 0.05) is 28.9 Å². The van der Waals surface area contributed by atoms with E-state index < -0.39 is 5.82 Å². The molecule has 0 saturated heterocycles. The summed E-state index contributed by atoms with van der Waals surface area (Å²) in [4.78, 5) is 1.28. The molecule has 102 valence electrons. The van der Waals surface area contributed by atoms with Crippen LogP contribution in [-0.4, -0.2) is 6.54 Å². The lowest BCUT2D eigenvalue weighted by Crippen LogP contribution is -2.32. The van der Waals surface area contributed by atoms with E-state index in [4.69, 9.17) is 0 Å². The van der Waals surface area contributed by atoms with Crippen LogP contribution in [0.2, 0.25) is 0 Å². The van der Waals surface area contributed by atoms with Gasteiger partial charge in [-0.3, -0.25) is 0 Å². The minimum absolute atomic E-state index is 0.0159. The zero-order valence-electron chi connectivity index (χ0n) is 11.0. The summed E-state index contributed by atoms with van der Waals surface area (Å²) >= 11 is 1.71. The van der Waals surface area contributed by atoms with Gasteiger partial charge in [0.25, 0.3) is 0 Å². The topological polar surface area (TPSA) is 12.0 Å². The van der Waals surface area contributed by atoms with E-state index >= 15 is 0 Å². The van der Waals surface area contributed by atoms with Gasteiger partial charge in [-0.05, 0) is 29.6 Å². The van der Waals surface area contributed by atoms with Gasteiger partial charge in [-0.2, -0.15) is 0 Å². The number of benzene rings is 1. The van der Waals surface area contributed by atoms with Crippen LogP contribution in [0.1, 0.15) is 24.3 Å². The van der Waals surface area contributed by atoms with Crippen molar-refractivity contribution in [2.75, 3.05) is 6.54 Å². The monoisotopic (exact) mass is 281 g/mol. The largest absolute Gasteiger partial charge is 0.312 e. The highest BCUT2D eigenvalue weighted by Crippen LogP contribution is 2.26. The summed E-state index contributed by atoms with van der Waals surface area (Å²) in [6.07, 6.45) is 0. The van der Waals surface area contributed by atoms with Crippen LogP contribution < -0.4 is 5.32 Å². The summed E-state index contributed by atoms with van der Waals surface area (Å²) < 4.78 is 26.5. The zero-order valence-corrected chi connectivity index (χ0v) is 11.9. The van der Waals surface area contributed by atoms with Crippen LogP contribution in [0.3, 0.4) is 0 Å². The first kappa shape index (κ1) is 14.2. The fourth-order valence-corrected chi connectivity index (χ4v) is 2.79. The van der Waals surface area contributed by atoms with Crippen molar-refractivity contribution in [3.63, 3.8) is 0 Å². The molecule has 0 amide bonds. The molecule has 2 aromatic rings. The van der Waals surface area contributed by atoms with Crippen molar-refractivity contribution in [2.45, 2.75) is 25.8 Å². The summed E-state index contributed by atoms with van der Waals surface area (Å²) in [6, 6.07) is 7.65. The van der Waals surface area contributed by atoms with E-state index in [0.29, 0.717) is 18.7 Å². The molecule has 4 heteroatoms. The molecule has 0 saturated carbocycles. The molecule has 0 aliphatic carbocycles. The molecule has 1 nitrogen and oxygen atoms in total. The van der Waals surface area contributed by atoms with Crippen LogP contribution in [0.5, 0.6) is 0 Å². The van der Waals surface area contributed by atoms with Crippen molar-refractivity contribution in [3.05, 3.63) is 57.8 Å². The lowest BCUT2D eigenvalue weighted by atomic mass is 9.91. The maximum absolute atomic E-state index is 13.5. The van der Waals surface area contributed by atoms with Crippen molar-refractivity contribution in [1.82, 2.24) is 5.32 Å². The van der Waals surface area contributed by atoms with Crippen molar-refractivity contribution >= 4 is 11.3 Å². The van der Waals surface area contributed by atoms with Crippen molar-refractivity contribution in [2.24, 2.45) is 0 Å². The first-order chi connectivity index (χ1) is 8.99. The Labute approximate surface area is 116 Å². The van der Waals surface area contributed by atoms with E-state index in [-0.39, 0.29) is 11.2 Å². The molecule has 1 heterocycles. The normalized spacial score (nSPS) is 11.8. The second kappa shape index (κ2) is 5.80. The molecule has 2 rings (SSSR count). The fourth-order valence-electron chi connectivity index (χ4n) is 1.94. The number of nitrogens with one attached hydrogen (secondary N) is 1. The van der Waals surface area contributed by atoms with Crippen LogP contribution in [0.25, 0.3) is 0 Å². The maximum Gasteiger partial charge on any atom is 0.127 e. The Bertz CT molecular complexity index is 535. The van der Waals surface area contributed by atoms with Crippen LogP contribution >= 0.6 is 11.3 Å². The van der Waals surface area contributed by atoms with E-state index in [1.54, 1.807) is 11.3 Å². The van der Waals surface area contributed by atoms with Crippen molar-refractivity contribution in [1.29, 1.82) is 0 Å². The highest BCUT2D eigenvalue weighted by atomic mass is 32.1. The van der Waals surface area contributed by atoms with Gasteiger partial charge in [0.15, 0.2) is 0 Å². The SMILES string of the molecule is CC(C)(CNCc1cc(F)ccc1F)c1cccs1. The predicted molar refractivity (Wildman–Crippen MR) is 75.4 cm³/mol. The molecule has 1 N–H and O–H groups in total. The van der Waals surface area contributed by atoms with Gasteiger partial charge >= 0.3 is 0 Å². The van der Waals surface area contributed by atoms with Crippen LogP contribution in [0, 0.1) is 11.6 Å². The summed E-state index contributed by atoms with van der Waals surface area (Å²) in [6.45, 7) is 5.31. The summed E-state index contributed by atoms with van der Waals surface area (Å²) in [5.74, 6) is -0.779. The number of hydrogen-bond acceptors (Lipinski definition) is 2. The lowest BCUT2D eigenvalue weighted by Gasteiger charge is -2.23. The van der Waals surface area contributed by atoms with Crippen LogP contribution in [0.15, 0.2) is 35.7 Å². The van der Waals surface area contributed by atoms with Gasteiger partial charge in [-0.25, -0.2) is 8.78 Å². The van der Waals surface area contributed by atoms with E-state index in [9.17, 15) is 8.78 Å². The summed E-state index contributed by atoms with van der Waals surface area (Å²) in [7, 11) is 0. The zero-order chi connectivity index (χ0) is 13.9. The lowest BCUT2D eigenvalue weighted by molar-refractivity contribution is 0.470. The molecule has 0 bridgehead atoms.